The zero-order chi connectivity index (χ0) is 22.1. The molecule has 2 amide bonds. The minimum atomic E-state index is -0.122. The molecule has 5 heterocycles. The lowest BCUT2D eigenvalue weighted by molar-refractivity contribution is -0.139. The molecule has 3 aliphatic heterocycles. The van der Waals surface area contributed by atoms with Gasteiger partial charge in [-0.1, -0.05) is 6.07 Å². The SMILES string of the molecule is Cc1nc([C@@H]2CCCN2C(=O)CN2CCCC2=O)nc2c1CCCN2Cc1ccccn1. The second-order valence-electron chi connectivity index (χ2n) is 8.98. The van der Waals surface area contributed by atoms with E-state index in [0.29, 0.717) is 26.1 Å². The first-order valence-electron chi connectivity index (χ1n) is 11.7. The molecule has 168 valence electrons. The van der Waals surface area contributed by atoms with Crippen LogP contribution in [0.15, 0.2) is 24.4 Å². The van der Waals surface area contributed by atoms with Crippen LogP contribution in [0.25, 0.3) is 0 Å². The van der Waals surface area contributed by atoms with Crippen molar-refractivity contribution in [2.45, 2.75) is 58.0 Å². The Kier molecular flexibility index (Phi) is 5.76. The van der Waals surface area contributed by atoms with Crippen LogP contribution in [0.2, 0.25) is 0 Å². The predicted octanol–water partition coefficient (Wildman–Crippen LogP) is 2.42. The van der Waals surface area contributed by atoms with Crippen LogP contribution in [0.4, 0.5) is 5.82 Å². The number of hydrogen-bond donors (Lipinski definition) is 0. The second-order valence-corrected chi connectivity index (χ2v) is 8.98. The molecule has 0 aromatic carbocycles. The van der Waals surface area contributed by atoms with E-state index >= 15 is 0 Å². The third-order valence-corrected chi connectivity index (χ3v) is 6.81. The largest absolute Gasteiger partial charge is 0.350 e. The first-order chi connectivity index (χ1) is 15.6. The number of carbonyl (C=O) groups is 2. The van der Waals surface area contributed by atoms with Gasteiger partial charge in [-0.3, -0.25) is 14.6 Å². The van der Waals surface area contributed by atoms with Gasteiger partial charge in [0.1, 0.15) is 5.82 Å². The van der Waals surface area contributed by atoms with E-state index in [-0.39, 0.29) is 24.4 Å². The highest BCUT2D eigenvalue weighted by Crippen LogP contribution is 2.34. The first kappa shape index (κ1) is 20.8. The summed E-state index contributed by atoms with van der Waals surface area (Å²) in [5.74, 6) is 1.80. The Morgan fingerprint density at radius 1 is 1.06 bits per heavy atom. The Bertz CT molecular complexity index is 1010. The average Bonchev–Trinajstić information content (AvgIpc) is 3.44. The summed E-state index contributed by atoms with van der Waals surface area (Å²) in [5, 5.41) is 0. The molecule has 2 aromatic rings. The zero-order valence-electron chi connectivity index (χ0n) is 18.7. The molecule has 0 saturated carbocycles. The summed E-state index contributed by atoms with van der Waals surface area (Å²) in [6, 6.07) is 5.86. The van der Waals surface area contributed by atoms with Gasteiger partial charge in [-0.2, -0.15) is 0 Å². The Hall–Kier alpha value is -3.03. The lowest BCUT2D eigenvalue weighted by atomic mass is 10.0. The molecule has 0 unspecified atom stereocenters. The van der Waals surface area contributed by atoms with Crippen LogP contribution >= 0.6 is 0 Å². The van der Waals surface area contributed by atoms with Crippen LogP contribution in [0, 0.1) is 6.92 Å². The summed E-state index contributed by atoms with van der Waals surface area (Å²) < 4.78 is 0. The van der Waals surface area contributed by atoms with Gasteiger partial charge < -0.3 is 14.7 Å². The number of carbonyl (C=O) groups excluding carboxylic acids is 2. The number of fused-ring (bicyclic) bond motifs is 1. The molecule has 1 atom stereocenters. The maximum absolute atomic E-state index is 13.1. The van der Waals surface area contributed by atoms with Crippen molar-refractivity contribution < 1.29 is 9.59 Å². The highest BCUT2D eigenvalue weighted by molar-refractivity contribution is 5.86. The standard InChI is InChI=1S/C24H30N6O2/c1-17-19-8-4-13-29(15-18-7-2-3-11-25-18)24(19)27-23(26-17)20-9-5-14-30(20)22(32)16-28-12-6-10-21(28)31/h2-3,7,11,20H,4-6,8-10,12-16H2,1H3/t20-/m0/s1. The number of rotatable bonds is 5. The Morgan fingerprint density at radius 3 is 2.69 bits per heavy atom. The maximum atomic E-state index is 13.1. The van der Waals surface area contributed by atoms with E-state index in [1.54, 1.807) is 4.90 Å². The molecular formula is C24H30N6O2. The summed E-state index contributed by atoms with van der Waals surface area (Å²) in [6.07, 6.45) is 7.06. The lowest BCUT2D eigenvalue weighted by Crippen LogP contribution is -2.41. The van der Waals surface area contributed by atoms with Gasteiger partial charge in [-0.25, -0.2) is 9.97 Å². The smallest absolute Gasteiger partial charge is 0.242 e. The third kappa shape index (κ3) is 4.06. The van der Waals surface area contributed by atoms with Crippen molar-refractivity contribution in [2.24, 2.45) is 0 Å². The van der Waals surface area contributed by atoms with Gasteiger partial charge in [-0.15, -0.1) is 0 Å². The van der Waals surface area contributed by atoms with Gasteiger partial charge >= 0.3 is 0 Å². The predicted molar refractivity (Wildman–Crippen MR) is 120 cm³/mol. The highest BCUT2D eigenvalue weighted by atomic mass is 16.2. The molecule has 32 heavy (non-hydrogen) atoms. The van der Waals surface area contributed by atoms with Gasteiger partial charge in [0, 0.05) is 43.5 Å². The number of amides is 2. The minimum Gasteiger partial charge on any atom is -0.350 e. The van der Waals surface area contributed by atoms with E-state index in [0.717, 1.165) is 61.7 Å². The highest BCUT2D eigenvalue weighted by Gasteiger charge is 2.35. The molecule has 0 N–H and O–H groups in total. The summed E-state index contributed by atoms with van der Waals surface area (Å²) in [7, 11) is 0. The van der Waals surface area contributed by atoms with E-state index < -0.39 is 0 Å². The van der Waals surface area contributed by atoms with Gasteiger partial charge in [0.15, 0.2) is 5.82 Å². The van der Waals surface area contributed by atoms with Crippen LogP contribution in [0.3, 0.4) is 0 Å². The van der Waals surface area contributed by atoms with E-state index in [1.807, 2.05) is 29.3 Å². The summed E-state index contributed by atoms with van der Waals surface area (Å²) >= 11 is 0. The number of hydrogen-bond acceptors (Lipinski definition) is 6. The van der Waals surface area contributed by atoms with E-state index in [1.165, 1.54) is 5.56 Å². The molecule has 0 spiro atoms. The first-order valence-corrected chi connectivity index (χ1v) is 11.7. The van der Waals surface area contributed by atoms with Gasteiger partial charge in [0.05, 0.1) is 24.8 Å². The van der Waals surface area contributed by atoms with Crippen molar-refractivity contribution in [3.05, 3.63) is 47.2 Å². The third-order valence-electron chi connectivity index (χ3n) is 6.81. The van der Waals surface area contributed by atoms with Gasteiger partial charge in [0.25, 0.3) is 0 Å². The summed E-state index contributed by atoms with van der Waals surface area (Å²) in [6.45, 7) is 5.25. The summed E-state index contributed by atoms with van der Waals surface area (Å²) in [5.41, 5.74) is 3.23. The molecule has 8 heteroatoms. The maximum Gasteiger partial charge on any atom is 0.242 e. The topological polar surface area (TPSA) is 82.5 Å². The molecule has 8 nitrogen and oxygen atoms in total. The van der Waals surface area contributed by atoms with Crippen LogP contribution in [-0.2, 0) is 22.6 Å². The van der Waals surface area contributed by atoms with E-state index in [2.05, 4.69) is 16.8 Å². The number of anilines is 1. The lowest BCUT2D eigenvalue weighted by Gasteiger charge is -2.32. The second kappa shape index (κ2) is 8.84. The van der Waals surface area contributed by atoms with Crippen molar-refractivity contribution >= 4 is 17.6 Å². The van der Waals surface area contributed by atoms with Crippen LogP contribution in [0.1, 0.15) is 60.9 Å². The molecule has 2 saturated heterocycles. The molecule has 2 aromatic heterocycles. The van der Waals surface area contributed by atoms with Crippen molar-refractivity contribution in [3.63, 3.8) is 0 Å². The van der Waals surface area contributed by atoms with Gasteiger partial charge in [-0.05, 0) is 51.2 Å². The number of nitrogens with zero attached hydrogens (tertiary/aromatic N) is 6. The zero-order valence-corrected chi connectivity index (χ0v) is 18.7. The van der Waals surface area contributed by atoms with Crippen molar-refractivity contribution in [2.75, 3.05) is 31.1 Å². The fraction of sp³-hybridized carbons (Fsp3) is 0.542. The fourth-order valence-electron chi connectivity index (χ4n) is 5.16. The quantitative estimate of drug-likeness (QED) is 0.719. The van der Waals surface area contributed by atoms with Crippen molar-refractivity contribution in [3.8, 4) is 0 Å². The Balaban J connectivity index is 1.40. The van der Waals surface area contributed by atoms with Crippen molar-refractivity contribution in [1.29, 1.82) is 0 Å². The number of pyridine rings is 1. The Labute approximate surface area is 188 Å². The number of aromatic nitrogens is 3. The molecule has 0 radical (unpaired) electrons. The molecule has 5 rings (SSSR count). The minimum absolute atomic E-state index is 0.00654. The average molecular weight is 435 g/mol. The van der Waals surface area contributed by atoms with Crippen molar-refractivity contribution in [1.82, 2.24) is 24.8 Å². The molecular weight excluding hydrogens is 404 g/mol. The number of aryl methyl sites for hydroxylation is 1. The van der Waals surface area contributed by atoms with Gasteiger partial charge in [0.2, 0.25) is 11.8 Å². The summed E-state index contributed by atoms with van der Waals surface area (Å²) in [4.78, 5) is 45.3. The molecule has 0 aliphatic carbocycles. The number of likely N-dealkylation sites (tertiary alicyclic amines) is 2. The fourth-order valence-corrected chi connectivity index (χ4v) is 5.16. The van der Waals surface area contributed by atoms with Crippen LogP contribution in [0.5, 0.6) is 0 Å². The molecule has 2 fully saturated rings. The van der Waals surface area contributed by atoms with E-state index in [9.17, 15) is 9.59 Å². The Morgan fingerprint density at radius 2 is 1.91 bits per heavy atom. The van der Waals surface area contributed by atoms with E-state index in [4.69, 9.17) is 9.97 Å². The molecule has 3 aliphatic rings. The van der Waals surface area contributed by atoms with Crippen LogP contribution in [-0.4, -0.2) is 62.7 Å². The van der Waals surface area contributed by atoms with Crippen LogP contribution < -0.4 is 4.90 Å². The normalized spacial score (nSPS) is 20.7. The monoisotopic (exact) mass is 434 g/mol. The molecule has 0 bridgehead atoms.